The molecule has 2 rings (SSSR count). The van der Waals surface area contributed by atoms with Crippen LogP contribution in [0.25, 0.3) is 0 Å². The van der Waals surface area contributed by atoms with E-state index in [1.54, 1.807) is 6.33 Å². The molecule has 3 N–H and O–H groups in total. The van der Waals surface area contributed by atoms with Crippen molar-refractivity contribution in [2.75, 3.05) is 24.2 Å². The molecule has 20 heavy (non-hydrogen) atoms. The van der Waals surface area contributed by atoms with Crippen molar-refractivity contribution in [3.05, 3.63) is 11.9 Å². The van der Waals surface area contributed by atoms with Crippen molar-refractivity contribution >= 4 is 11.6 Å². The zero-order valence-corrected chi connectivity index (χ0v) is 12.7. The van der Waals surface area contributed by atoms with Crippen LogP contribution >= 0.6 is 0 Å². The van der Waals surface area contributed by atoms with Crippen LogP contribution in [0.3, 0.4) is 0 Å². The van der Waals surface area contributed by atoms with E-state index in [2.05, 4.69) is 34.4 Å². The Labute approximate surface area is 121 Å². The van der Waals surface area contributed by atoms with E-state index in [1.807, 2.05) is 7.05 Å². The Kier molecular flexibility index (Phi) is 4.81. The van der Waals surface area contributed by atoms with Crippen LogP contribution in [0.4, 0.5) is 11.6 Å². The van der Waals surface area contributed by atoms with Crippen LogP contribution < -0.4 is 10.6 Å². The van der Waals surface area contributed by atoms with Gasteiger partial charge >= 0.3 is 0 Å². The molecule has 0 saturated heterocycles. The van der Waals surface area contributed by atoms with Crippen molar-refractivity contribution in [3.8, 4) is 0 Å². The predicted octanol–water partition coefficient (Wildman–Crippen LogP) is 2.75. The highest BCUT2D eigenvalue weighted by molar-refractivity contribution is 5.58. The third-order valence-electron chi connectivity index (χ3n) is 4.07. The molecular formula is C15H26N4O. The molecule has 0 radical (unpaired) electrons. The minimum absolute atomic E-state index is 0.321. The number of rotatable bonds is 5. The Morgan fingerprint density at radius 1 is 1.20 bits per heavy atom. The summed E-state index contributed by atoms with van der Waals surface area (Å²) in [6, 6.07) is 0. The molecule has 0 unspecified atom stereocenters. The van der Waals surface area contributed by atoms with Crippen molar-refractivity contribution in [2.45, 2.75) is 57.5 Å². The summed E-state index contributed by atoms with van der Waals surface area (Å²) in [6.45, 7) is 4.81. The molecule has 1 saturated carbocycles. The van der Waals surface area contributed by atoms with Crippen molar-refractivity contribution in [1.82, 2.24) is 9.97 Å². The number of hydrogen-bond donors (Lipinski definition) is 3. The second-order valence-corrected chi connectivity index (χ2v) is 6.03. The van der Waals surface area contributed by atoms with Gasteiger partial charge in [-0.15, -0.1) is 0 Å². The molecule has 5 heteroatoms. The Morgan fingerprint density at radius 3 is 2.45 bits per heavy atom. The van der Waals surface area contributed by atoms with Gasteiger partial charge in [-0.2, -0.15) is 0 Å². The largest absolute Gasteiger partial charge is 0.388 e. The fourth-order valence-electron chi connectivity index (χ4n) is 2.92. The fourth-order valence-corrected chi connectivity index (χ4v) is 2.92. The lowest BCUT2D eigenvalue weighted by molar-refractivity contribution is 0.0166. The molecule has 1 heterocycles. The molecular weight excluding hydrogens is 252 g/mol. The zero-order chi connectivity index (χ0) is 14.6. The van der Waals surface area contributed by atoms with Gasteiger partial charge in [-0.05, 0) is 18.8 Å². The standard InChI is InChI=1S/C15H26N4O/c1-11(2)12-13(16-3)18-10-19-14(12)17-9-15(20)7-5-4-6-8-15/h10-11,20H,4-9H2,1-3H3,(H2,16,17,18,19). The van der Waals surface area contributed by atoms with E-state index in [1.165, 1.54) is 6.42 Å². The van der Waals surface area contributed by atoms with Crippen LogP contribution in [-0.4, -0.2) is 34.3 Å². The second-order valence-electron chi connectivity index (χ2n) is 6.03. The molecule has 1 fully saturated rings. The summed E-state index contributed by atoms with van der Waals surface area (Å²) in [4.78, 5) is 8.62. The first-order valence-electron chi connectivity index (χ1n) is 7.54. The van der Waals surface area contributed by atoms with E-state index in [0.717, 1.165) is 42.9 Å². The molecule has 1 aliphatic carbocycles. The Balaban J connectivity index is 2.12. The van der Waals surface area contributed by atoms with E-state index in [-0.39, 0.29) is 0 Å². The number of hydrogen-bond acceptors (Lipinski definition) is 5. The SMILES string of the molecule is CNc1ncnc(NCC2(O)CCCCC2)c1C(C)C. The van der Waals surface area contributed by atoms with Gasteiger partial charge in [0.05, 0.1) is 5.60 Å². The minimum atomic E-state index is -0.586. The minimum Gasteiger partial charge on any atom is -0.388 e. The summed E-state index contributed by atoms with van der Waals surface area (Å²) in [6.07, 6.45) is 6.77. The second kappa shape index (κ2) is 6.39. The molecule has 1 aromatic heterocycles. The first-order valence-corrected chi connectivity index (χ1v) is 7.54. The summed E-state index contributed by atoms with van der Waals surface area (Å²) in [5.41, 5.74) is 0.492. The summed E-state index contributed by atoms with van der Waals surface area (Å²) in [5.74, 6) is 2.01. The van der Waals surface area contributed by atoms with E-state index in [9.17, 15) is 5.11 Å². The maximum atomic E-state index is 10.6. The molecule has 0 aliphatic heterocycles. The summed E-state index contributed by atoms with van der Waals surface area (Å²) in [5, 5.41) is 17.0. The normalized spacial score (nSPS) is 18.1. The lowest BCUT2D eigenvalue weighted by atomic mass is 9.85. The molecule has 1 aromatic rings. The number of nitrogens with one attached hydrogen (secondary N) is 2. The Bertz CT molecular complexity index is 441. The van der Waals surface area contributed by atoms with Crippen molar-refractivity contribution < 1.29 is 5.11 Å². The van der Waals surface area contributed by atoms with Crippen LogP contribution in [0.5, 0.6) is 0 Å². The summed E-state index contributed by atoms with van der Waals surface area (Å²) >= 11 is 0. The molecule has 0 bridgehead atoms. The highest BCUT2D eigenvalue weighted by Crippen LogP contribution is 2.31. The maximum absolute atomic E-state index is 10.6. The molecule has 0 atom stereocenters. The number of anilines is 2. The molecule has 112 valence electrons. The van der Waals surface area contributed by atoms with E-state index >= 15 is 0 Å². The average molecular weight is 278 g/mol. The number of nitrogens with zero attached hydrogens (tertiary/aromatic N) is 2. The first kappa shape index (κ1) is 15.0. The van der Waals surface area contributed by atoms with Crippen LogP contribution in [-0.2, 0) is 0 Å². The van der Waals surface area contributed by atoms with Crippen molar-refractivity contribution in [2.24, 2.45) is 0 Å². The summed E-state index contributed by atoms with van der Waals surface area (Å²) < 4.78 is 0. The zero-order valence-electron chi connectivity index (χ0n) is 12.7. The topological polar surface area (TPSA) is 70.1 Å². The molecule has 1 aliphatic rings. The predicted molar refractivity (Wildman–Crippen MR) is 82.2 cm³/mol. The van der Waals surface area contributed by atoms with Gasteiger partial charge in [0.15, 0.2) is 0 Å². The molecule has 5 nitrogen and oxygen atoms in total. The van der Waals surface area contributed by atoms with Crippen LogP contribution in [0, 0.1) is 0 Å². The highest BCUT2D eigenvalue weighted by Gasteiger charge is 2.29. The van der Waals surface area contributed by atoms with Gasteiger partial charge in [-0.3, -0.25) is 0 Å². The number of aliphatic hydroxyl groups is 1. The van der Waals surface area contributed by atoms with Gasteiger partial charge in [0.2, 0.25) is 0 Å². The summed E-state index contributed by atoms with van der Waals surface area (Å²) in [7, 11) is 1.87. The van der Waals surface area contributed by atoms with Crippen molar-refractivity contribution in [1.29, 1.82) is 0 Å². The number of aromatic nitrogens is 2. The van der Waals surface area contributed by atoms with Gasteiger partial charge in [0.25, 0.3) is 0 Å². The fraction of sp³-hybridized carbons (Fsp3) is 0.733. The van der Waals surface area contributed by atoms with Crippen LogP contribution in [0.15, 0.2) is 6.33 Å². The molecule has 0 spiro atoms. The third kappa shape index (κ3) is 3.39. The lowest BCUT2D eigenvalue weighted by Crippen LogP contribution is -2.39. The van der Waals surface area contributed by atoms with Gasteiger partial charge in [-0.25, -0.2) is 9.97 Å². The van der Waals surface area contributed by atoms with Gasteiger partial charge in [0.1, 0.15) is 18.0 Å². The van der Waals surface area contributed by atoms with E-state index < -0.39 is 5.60 Å². The molecule has 0 amide bonds. The quantitative estimate of drug-likeness (QED) is 0.772. The Hall–Kier alpha value is -1.36. The van der Waals surface area contributed by atoms with Crippen LogP contribution in [0.2, 0.25) is 0 Å². The smallest absolute Gasteiger partial charge is 0.135 e. The van der Waals surface area contributed by atoms with E-state index in [0.29, 0.717) is 12.5 Å². The maximum Gasteiger partial charge on any atom is 0.135 e. The first-order chi connectivity index (χ1) is 9.56. The monoisotopic (exact) mass is 278 g/mol. The average Bonchev–Trinajstić information content (AvgIpc) is 2.45. The van der Waals surface area contributed by atoms with E-state index in [4.69, 9.17) is 0 Å². The third-order valence-corrected chi connectivity index (χ3v) is 4.07. The molecule has 0 aromatic carbocycles. The lowest BCUT2D eigenvalue weighted by Gasteiger charge is -2.32. The van der Waals surface area contributed by atoms with Gasteiger partial charge < -0.3 is 15.7 Å². The highest BCUT2D eigenvalue weighted by atomic mass is 16.3. The van der Waals surface area contributed by atoms with Gasteiger partial charge in [0, 0.05) is 19.2 Å². The van der Waals surface area contributed by atoms with Gasteiger partial charge in [-0.1, -0.05) is 33.1 Å². The van der Waals surface area contributed by atoms with Crippen molar-refractivity contribution in [3.63, 3.8) is 0 Å². The van der Waals surface area contributed by atoms with Crippen LogP contribution in [0.1, 0.15) is 57.4 Å². The Morgan fingerprint density at radius 2 is 1.85 bits per heavy atom.